The molecule has 4 N–H and O–H groups in total. The molecule has 1 aliphatic heterocycles. The third-order valence-electron chi connectivity index (χ3n) is 4.55. The van der Waals surface area contributed by atoms with E-state index in [0.29, 0.717) is 38.6 Å². The summed E-state index contributed by atoms with van der Waals surface area (Å²) in [5, 5.41) is 11.1. The maximum atomic E-state index is 12.4. The van der Waals surface area contributed by atoms with Gasteiger partial charge in [0.1, 0.15) is 12.1 Å². The SMILES string of the molecule is CC(C)NC(=O)C1CCCCNC(=O)CCCC(C)C(=O)NC(C)C(=O)N1. The molecule has 0 aromatic heterocycles. The monoisotopic (exact) mass is 382 g/mol. The van der Waals surface area contributed by atoms with Crippen molar-refractivity contribution in [2.45, 2.75) is 84.3 Å². The molecular formula is C19H34N4O4. The normalized spacial score (nSPS) is 26.7. The van der Waals surface area contributed by atoms with Gasteiger partial charge in [-0.3, -0.25) is 19.2 Å². The zero-order valence-corrected chi connectivity index (χ0v) is 16.9. The van der Waals surface area contributed by atoms with Crippen molar-refractivity contribution in [3.8, 4) is 0 Å². The van der Waals surface area contributed by atoms with E-state index in [2.05, 4.69) is 21.3 Å². The van der Waals surface area contributed by atoms with Crippen LogP contribution < -0.4 is 21.3 Å². The molecule has 0 bridgehead atoms. The number of hydrogen-bond donors (Lipinski definition) is 4. The van der Waals surface area contributed by atoms with E-state index in [1.807, 2.05) is 13.8 Å². The summed E-state index contributed by atoms with van der Waals surface area (Å²) in [6.07, 6.45) is 3.47. The highest BCUT2D eigenvalue weighted by Gasteiger charge is 2.25. The maximum absolute atomic E-state index is 12.4. The molecule has 0 aliphatic carbocycles. The molecule has 27 heavy (non-hydrogen) atoms. The standard InChI is InChI=1S/C19H34N4O4/c1-12(2)21-19(27)15-9-5-6-11-20-16(24)10-7-8-13(3)17(25)22-14(4)18(26)23-15/h12-15H,5-11H2,1-4H3,(H,20,24)(H,21,27)(H,22,25)(H,23,26). The first-order valence-corrected chi connectivity index (χ1v) is 9.88. The number of hydrogen-bond acceptors (Lipinski definition) is 4. The molecule has 1 fully saturated rings. The molecule has 3 unspecified atom stereocenters. The number of rotatable bonds is 2. The van der Waals surface area contributed by atoms with Crippen molar-refractivity contribution in [3.05, 3.63) is 0 Å². The summed E-state index contributed by atoms with van der Waals surface area (Å²) in [5.74, 6) is -1.16. The van der Waals surface area contributed by atoms with Gasteiger partial charge < -0.3 is 21.3 Å². The molecule has 4 amide bonds. The van der Waals surface area contributed by atoms with Gasteiger partial charge in [0.25, 0.3) is 0 Å². The van der Waals surface area contributed by atoms with Gasteiger partial charge in [0.15, 0.2) is 0 Å². The van der Waals surface area contributed by atoms with Gasteiger partial charge >= 0.3 is 0 Å². The van der Waals surface area contributed by atoms with E-state index >= 15 is 0 Å². The Hall–Kier alpha value is -2.12. The third kappa shape index (κ3) is 8.88. The fourth-order valence-electron chi connectivity index (χ4n) is 2.86. The van der Waals surface area contributed by atoms with Crippen LogP contribution in [0, 0.1) is 5.92 Å². The summed E-state index contributed by atoms with van der Waals surface area (Å²) in [4.78, 5) is 48.9. The number of nitrogens with one attached hydrogen (secondary N) is 4. The molecule has 0 radical (unpaired) electrons. The molecule has 8 heteroatoms. The van der Waals surface area contributed by atoms with Crippen molar-refractivity contribution in [2.24, 2.45) is 5.92 Å². The molecular weight excluding hydrogens is 348 g/mol. The minimum absolute atomic E-state index is 0.0227. The first-order valence-electron chi connectivity index (χ1n) is 9.88. The number of amides is 4. The molecule has 1 aliphatic rings. The quantitative estimate of drug-likeness (QED) is 0.560. The Morgan fingerprint density at radius 2 is 1.70 bits per heavy atom. The molecule has 0 saturated carbocycles. The van der Waals surface area contributed by atoms with Gasteiger partial charge in [-0.1, -0.05) is 6.92 Å². The van der Waals surface area contributed by atoms with Gasteiger partial charge in [-0.25, -0.2) is 0 Å². The zero-order valence-electron chi connectivity index (χ0n) is 16.9. The summed E-state index contributed by atoms with van der Waals surface area (Å²) in [6.45, 7) is 7.63. The smallest absolute Gasteiger partial charge is 0.242 e. The Morgan fingerprint density at radius 3 is 2.37 bits per heavy atom. The minimum atomic E-state index is -0.731. The summed E-state index contributed by atoms with van der Waals surface area (Å²) < 4.78 is 0. The van der Waals surface area contributed by atoms with E-state index < -0.39 is 12.1 Å². The van der Waals surface area contributed by atoms with E-state index in [9.17, 15) is 19.2 Å². The van der Waals surface area contributed by atoms with Gasteiger partial charge in [-0.05, 0) is 52.9 Å². The van der Waals surface area contributed by atoms with Gasteiger partial charge in [-0.15, -0.1) is 0 Å². The predicted octanol–water partition coefficient (Wildman–Crippen LogP) is 0.607. The summed E-state index contributed by atoms with van der Waals surface area (Å²) in [5.41, 5.74) is 0. The van der Waals surface area contributed by atoms with Crippen molar-refractivity contribution >= 4 is 23.6 Å². The lowest BCUT2D eigenvalue weighted by Crippen LogP contribution is -2.54. The first kappa shape index (κ1) is 22.9. The lowest BCUT2D eigenvalue weighted by Gasteiger charge is -2.23. The Balaban J connectivity index is 2.81. The van der Waals surface area contributed by atoms with E-state index in [1.165, 1.54) is 0 Å². The van der Waals surface area contributed by atoms with Crippen molar-refractivity contribution < 1.29 is 19.2 Å². The zero-order chi connectivity index (χ0) is 20.4. The van der Waals surface area contributed by atoms with Crippen LogP contribution in [-0.4, -0.2) is 48.3 Å². The Labute approximate surface area is 161 Å². The highest BCUT2D eigenvalue weighted by molar-refractivity contribution is 5.92. The van der Waals surface area contributed by atoms with Crippen LogP contribution in [0.25, 0.3) is 0 Å². The largest absolute Gasteiger partial charge is 0.356 e. The molecule has 1 saturated heterocycles. The van der Waals surface area contributed by atoms with Gasteiger partial charge in [-0.2, -0.15) is 0 Å². The van der Waals surface area contributed by atoms with Gasteiger partial charge in [0, 0.05) is 24.9 Å². The van der Waals surface area contributed by atoms with Crippen LogP contribution in [-0.2, 0) is 19.2 Å². The molecule has 154 valence electrons. The number of carbonyl (C=O) groups excluding carboxylic acids is 4. The van der Waals surface area contributed by atoms with Crippen LogP contribution in [0.4, 0.5) is 0 Å². The fourth-order valence-corrected chi connectivity index (χ4v) is 2.86. The van der Waals surface area contributed by atoms with E-state index in [4.69, 9.17) is 0 Å². The van der Waals surface area contributed by atoms with E-state index in [0.717, 1.165) is 6.42 Å². The average Bonchev–Trinajstić information content (AvgIpc) is 2.58. The van der Waals surface area contributed by atoms with Crippen LogP contribution >= 0.6 is 0 Å². The van der Waals surface area contributed by atoms with E-state index in [1.54, 1.807) is 13.8 Å². The second-order valence-corrected chi connectivity index (χ2v) is 7.59. The van der Waals surface area contributed by atoms with Crippen LogP contribution in [0.2, 0.25) is 0 Å². The van der Waals surface area contributed by atoms with Crippen LogP contribution in [0.5, 0.6) is 0 Å². The predicted molar refractivity (Wildman–Crippen MR) is 103 cm³/mol. The van der Waals surface area contributed by atoms with Crippen molar-refractivity contribution in [1.82, 2.24) is 21.3 Å². The average molecular weight is 383 g/mol. The fraction of sp³-hybridized carbons (Fsp3) is 0.789. The Bertz CT molecular complexity index is 536. The second kappa shape index (κ2) is 11.6. The summed E-state index contributed by atoms with van der Waals surface area (Å²) in [7, 11) is 0. The second-order valence-electron chi connectivity index (χ2n) is 7.59. The van der Waals surface area contributed by atoms with Crippen molar-refractivity contribution in [1.29, 1.82) is 0 Å². The molecule has 1 heterocycles. The molecule has 0 spiro atoms. The molecule has 1 rings (SSSR count). The Morgan fingerprint density at radius 1 is 1.00 bits per heavy atom. The molecule has 0 aromatic rings. The van der Waals surface area contributed by atoms with Crippen molar-refractivity contribution in [2.75, 3.05) is 6.54 Å². The summed E-state index contributed by atoms with van der Waals surface area (Å²) in [6, 6.07) is -1.43. The van der Waals surface area contributed by atoms with Gasteiger partial charge in [0.05, 0.1) is 0 Å². The lowest BCUT2D eigenvalue weighted by atomic mass is 10.0. The van der Waals surface area contributed by atoms with E-state index in [-0.39, 0.29) is 35.6 Å². The topological polar surface area (TPSA) is 116 Å². The van der Waals surface area contributed by atoms with Crippen LogP contribution in [0.15, 0.2) is 0 Å². The number of carbonyl (C=O) groups is 4. The molecule has 0 aromatic carbocycles. The minimum Gasteiger partial charge on any atom is -0.356 e. The third-order valence-corrected chi connectivity index (χ3v) is 4.55. The maximum Gasteiger partial charge on any atom is 0.242 e. The van der Waals surface area contributed by atoms with Crippen LogP contribution in [0.1, 0.15) is 66.2 Å². The van der Waals surface area contributed by atoms with Crippen molar-refractivity contribution in [3.63, 3.8) is 0 Å². The highest BCUT2D eigenvalue weighted by atomic mass is 16.2. The highest BCUT2D eigenvalue weighted by Crippen LogP contribution is 2.09. The Kier molecular flexibility index (Phi) is 9.82. The first-order chi connectivity index (χ1) is 12.7. The van der Waals surface area contributed by atoms with Gasteiger partial charge in [0.2, 0.25) is 23.6 Å². The summed E-state index contributed by atoms with van der Waals surface area (Å²) >= 11 is 0. The van der Waals surface area contributed by atoms with Crippen LogP contribution in [0.3, 0.4) is 0 Å². The lowest BCUT2D eigenvalue weighted by molar-refractivity contribution is -0.133. The molecule has 8 nitrogen and oxygen atoms in total. The molecule has 3 atom stereocenters.